The van der Waals surface area contributed by atoms with Crippen LogP contribution in [0.1, 0.15) is 21.8 Å². The molecule has 0 saturated carbocycles. The lowest BCUT2D eigenvalue weighted by Gasteiger charge is -2.08. The number of anilines is 1. The molecule has 140 valence electrons. The Kier molecular flexibility index (Phi) is 4.30. The first-order valence-corrected chi connectivity index (χ1v) is 9.49. The van der Waals surface area contributed by atoms with Gasteiger partial charge >= 0.3 is 0 Å². The van der Waals surface area contributed by atoms with Crippen LogP contribution in [0.5, 0.6) is 0 Å². The summed E-state index contributed by atoms with van der Waals surface area (Å²) in [6, 6.07) is 29.2. The van der Waals surface area contributed by atoms with Crippen LogP contribution in [0.15, 0.2) is 95.4 Å². The standard InChI is InChI=1S/C25H18N2O2/c28-25(21-12-6-10-18-9-4-5-11-20(18)21)26-19-13-14-23-22(16-19)27-24(29-23)15-17-7-2-1-3-8-17/h1-14,16H,15H2,(H,26,28). The van der Waals surface area contributed by atoms with Gasteiger partial charge in [-0.05, 0) is 40.6 Å². The van der Waals surface area contributed by atoms with Gasteiger partial charge in [0.05, 0.1) is 0 Å². The molecule has 5 rings (SSSR count). The highest BCUT2D eigenvalue weighted by molar-refractivity contribution is 6.13. The van der Waals surface area contributed by atoms with E-state index in [4.69, 9.17) is 4.42 Å². The second-order valence-electron chi connectivity index (χ2n) is 6.93. The van der Waals surface area contributed by atoms with E-state index in [1.165, 1.54) is 0 Å². The van der Waals surface area contributed by atoms with Crippen LogP contribution in [0.2, 0.25) is 0 Å². The maximum absolute atomic E-state index is 12.9. The van der Waals surface area contributed by atoms with E-state index in [9.17, 15) is 4.79 Å². The molecule has 4 heteroatoms. The first-order chi connectivity index (χ1) is 14.3. The highest BCUT2D eigenvalue weighted by Crippen LogP contribution is 2.23. The molecule has 0 fully saturated rings. The molecular formula is C25H18N2O2. The lowest BCUT2D eigenvalue weighted by Crippen LogP contribution is -2.12. The van der Waals surface area contributed by atoms with E-state index in [1.807, 2.05) is 91.0 Å². The second kappa shape index (κ2) is 7.24. The number of carbonyl (C=O) groups excluding carboxylic acids is 1. The number of aromatic nitrogens is 1. The molecule has 4 aromatic carbocycles. The lowest BCUT2D eigenvalue weighted by atomic mass is 10.0. The third kappa shape index (κ3) is 3.48. The smallest absolute Gasteiger partial charge is 0.256 e. The van der Waals surface area contributed by atoms with Crippen molar-refractivity contribution in [1.29, 1.82) is 0 Å². The normalized spacial score (nSPS) is 11.0. The van der Waals surface area contributed by atoms with Crippen molar-refractivity contribution in [2.75, 3.05) is 5.32 Å². The summed E-state index contributed by atoms with van der Waals surface area (Å²) in [5, 5.41) is 4.95. The Morgan fingerprint density at radius 1 is 0.862 bits per heavy atom. The Hall–Kier alpha value is -3.92. The van der Waals surface area contributed by atoms with Crippen molar-refractivity contribution in [2.24, 2.45) is 0 Å². The van der Waals surface area contributed by atoms with E-state index in [0.29, 0.717) is 29.1 Å². The fourth-order valence-corrected chi connectivity index (χ4v) is 3.52. The van der Waals surface area contributed by atoms with E-state index >= 15 is 0 Å². The summed E-state index contributed by atoms with van der Waals surface area (Å²) < 4.78 is 5.85. The molecule has 1 aromatic heterocycles. The number of carbonyl (C=O) groups is 1. The van der Waals surface area contributed by atoms with Crippen molar-refractivity contribution in [2.45, 2.75) is 6.42 Å². The van der Waals surface area contributed by atoms with Gasteiger partial charge in [0.15, 0.2) is 11.5 Å². The Morgan fingerprint density at radius 2 is 1.66 bits per heavy atom. The van der Waals surface area contributed by atoms with Gasteiger partial charge in [-0.3, -0.25) is 4.79 Å². The molecular weight excluding hydrogens is 360 g/mol. The average molecular weight is 378 g/mol. The zero-order chi connectivity index (χ0) is 19.6. The number of nitrogens with one attached hydrogen (secondary N) is 1. The van der Waals surface area contributed by atoms with Crippen molar-refractivity contribution in [3.8, 4) is 0 Å². The monoisotopic (exact) mass is 378 g/mol. The van der Waals surface area contributed by atoms with Crippen LogP contribution in [-0.2, 0) is 6.42 Å². The predicted molar refractivity (Wildman–Crippen MR) is 115 cm³/mol. The number of fused-ring (bicyclic) bond motifs is 2. The third-order valence-corrected chi connectivity index (χ3v) is 4.92. The van der Waals surface area contributed by atoms with E-state index < -0.39 is 0 Å². The van der Waals surface area contributed by atoms with Crippen LogP contribution in [0.3, 0.4) is 0 Å². The molecule has 0 aliphatic carbocycles. The summed E-state index contributed by atoms with van der Waals surface area (Å²) in [5.74, 6) is 0.512. The Labute approximate surface area is 167 Å². The van der Waals surface area contributed by atoms with Crippen LogP contribution in [0.4, 0.5) is 5.69 Å². The van der Waals surface area contributed by atoms with E-state index in [2.05, 4.69) is 10.3 Å². The number of oxazole rings is 1. The number of amides is 1. The SMILES string of the molecule is O=C(Nc1ccc2oc(Cc3ccccc3)nc2c1)c1cccc2ccccc12. The molecule has 0 aliphatic rings. The number of benzene rings is 4. The minimum absolute atomic E-state index is 0.144. The Morgan fingerprint density at radius 3 is 2.55 bits per heavy atom. The van der Waals surface area contributed by atoms with Crippen LogP contribution in [0, 0.1) is 0 Å². The second-order valence-corrected chi connectivity index (χ2v) is 6.93. The molecule has 5 aromatic rings. The number of rotatable bonds is 4. The number of nitrogens with zero attached hydrogens (tertiary/aromatic N) is 1. The summed E-state index contributed by atoms with van der Waals surface area (Å²) in [7, 11) is 0. The van der Waals surface area contributed by atoms with Gasteiger partial charge in [0.1, 0.15) is 5.52 Å². The van der Waals surface area contributed by atoms with Gasteiger partial charge in [0, 0.05) is 17.7 Å². The molecule has 0 spiro atoms. The highest BCUT2D eigenvalue weighted by Gasteiger charge is 2.12. The molecule has 1 N–H and O–H groups in total. The Balaban J connectivity index is 1.41. The molecule has 1 heterocycles. The quantitative estimate of drug-likeness (QED) is 0.428. The van der Waals surface area contributed by atoms with Gasteiger partial charge in [0.25, 0.3) is 5.91 Å². The van der Waals surface area contributed by atoms with E-state index in [1.54, 1.807) is 0 Å². The number of hydrogen-bond acceptors (Lipinski definition) is 3. The minimum atomic E-state index is -0.144. The van der Waals surface area contributed by atoms with E-state index in [-0.39, 0.29) is 5.91 Å². The first-order valence-electron chi connectivity index (χ1n) is 9.49. The zero-order valence-corrected chi connectivity index (χ0v) is 15.6. The van der Waals surface area contributed by atoms with Crippen LogP contribution >= 0.6 is 0 Å². The first kappa shape index (κ1) is 17.2. The maximum atomic E-state index is 12.9. The van der Waals surface area contributed by atoms with Gasteiger partial charge in [-0.2, -0.15) is 0 Å². The topological polar surface area (TPSA) is 55.1 Å². The molecule has 0 aliphatic heterocycles. The van der Waals surface area contributed by atoms with Crippen molar-refractivity contribution < 1.29 is 9.21 Å². The summed E-state index contributed by atoms with van der Waals surface area (Å²) in [5.41, 5.74) is 3.91. The molecule has 1 amide bonds. The summed E-state index contributed by atoms with van der Waals surface area (Å²) in [4.78, 5) is 17.4. The van der Waals surface area contributed by atoms with Crippen molar-refractivity contribution in [1.82, 2.24) is 4.98 Å². The largest absolute Gasteiger partial charge is 0.440 e. The summed E-state index contributed by atoms with van der Waals surface area (Å²) in [6.45, 7) is 0. The third-order valence-electron chi connectivity index (χ3n) is 4.92. The van der Waals surface area contributed by atoms with Gasteiger partial charge in [0.2, 0.25) is 0 Å². The van der Waals surface area contributed by atoms with Crippen LogP contribution in [-0.4, -0.2) is 10.9 Å². The van der Waals surface area contributed by atoms with Crippen LogP contribution in [0.25, 0.3) is 21.9 Å². The molecule has 0 radical (unpaired) electrons. The van der Waals surface area contributed by atoms with Gasteiger partial charge < -0.3 is 9.73 Å². The maximum Gasteiger partial charge on any atom is 0.256 e. The van der Waals surface area contributed by atoms with Gasteiger partial charge in [-0.1, -0.05) is 66.7 Å². The minimum Gasteiger partial charge on any atom is -0.440 e. The fourth-order valence-electron chi connectivity index (χ4n) is 3.52. The lowest BCUT2D eigenvalue weighted by molar-refractivity contribution is 0.102. The van der Waals surface area contributed by atoms with Crippen molar-refractivity contribution in [3.63, 3.8) is 0 Å². The molecule has 0 atom stereocenters. The summed E-state index contributed by atoms with van der Waals surface area (Å²) in [6.07, 6.45) is 0.632. The van der Waals surface area contributed by atoms with Gasteiger partial charge in [-0.25, -0.2) is 4.98 Å². The van der Waals surface area contributed by atoms with Crippen LogP contribution < -0.4 is 5.32 Å². The zero-order valence-electron chi connectivity index (χ0n) is 15.6. The summed E-state index contributed by atoms with van der Waals surface area (Å²) >= 11 is 0. The average Bonchev–Trinajstić information content (AvgIpc) is 3.15. The van der Waals surface area contributed by atoms with E-state index in [0.717, 1.165) is 21.9 Å². The molecule has 0 bridgehead atoms. The highest BCUT2D eigenvalue weighted by atomic mass is 16.3. The molecule has 0 unspecified atom stereocenters. The number of hydrogen-bond donors (Lipinski definition) is 1. The Bertz CT molecular complexity index is 1320. The fraction of sp³-hybridized carbons (Fsp3) is 0.0400. The molecule has 4 nitrogen and oxygen atoms in total. The molecule has 0 saturated heterocycles. The van der Waals surface area contributed by atoms with Crippen molar-refractivity contribution in [3.05, 3.63) is 108 Å². The molecule has 29 heavy (non-hydrogen) atoms. The predicted octanol–water partition coefficient (Wildman–Crippen LogP) is 5.82. The van der Waals surface area contributed by atoms with Crippen molar-refractivity contribution >= 4 is 33.5 Å². The van der Waals surface area contributed by atoms with Gasteiger partial charge in [-0.15, -0.1) is 0 Å².